The fourth-order valence-electron chi connectivity index (χ4n) is 5.57. The van der Waals surface area contributed by atoms with E-state index in [9.17, 15) is 23.1 Å². The third-order valence-electron chi connectivity index (χ3n) is 7.49. The van der Waals surface area contributed by atoms with Crippen LogP contribution in [0.15, 0.2) is 60.9 Å². The molecule has 40 heavy (non-hydrogen) atoms. The van der Waals surface area contributed by atoms with Crippen LogP contribution in [0, 0.1) is 6.92 Å². The monoisotopic (exact) mass is 548 g/mol. The van der Waals surface area contributed by atoms with E-state index in [1.165, 1.54) is 10.7 Å². The van der Waals surface area contributed by atoms with Gasteiger partial charge in [-0.1, -0.05) is 6.07 Å². The standard InChI is InChI=1S/C29H27F3N6O2/c1-17-11-18(8-10-33-17)26-23-12-19(5-7-24(23)35-36-26)27(39)34-22-3-2-9-28(40,14-22)16-38-15-20-4-6-21(29(30,31)32)13-25(20)37-38/h4-8,10-13,15,22,40H,2-3,9,14,16H2,1H3,(H,34,39)(H,35,36)/t22-,28+/m1/s1. The van der Waals surface area contributed by atoms with Gasteiger partial charge in [0.2, 0.25) is 0 Å². The zero-order valence-corrected chi connectivity index (χ0v) is 21.7. The van der Waals surface area contributed by atoms with Crippen molar-refractivity contribution >= 4 is 27.7 Å². The maximum Gasteiger partial charge on any atom is 0.416 e. The van der Waals surface area contributed by atoms with E-state index in [1.54, 1.807) is 24.5 Å². The van der Waals surface area contributed by atoms with Crippen molar-refractivity contribution in [3.63, 3.8) is 0 Å². The molecule has 3 N–H and O–H groups in total. The lowest BCUT2D eigenvalue weighted by atomic mass is 9.81. The molecule has 1 aliphatic carbocycles. The molecule has 0 radical (unpaired) electrons. The average molecular weight is 549 g/mol. The summed E-state index contributed by atoms with van der Waals surface area (Å²) in [6, 6.07) is 12.3. The van der Waals surface area contributed by atoms with Crippen LogP contribution < -0.4 is 5.32 Å². The number of alkyl halides is 3. The lowest BCUT2D eigenvalue weighted by Gasteiger charge is -2.37. The number of amides is 1. The topological polar surface area (TPSA) is 109 Å². The highest BCUT2D eigenvalue weighted by molar-refractivity contribution is 6.01. The molecule has 1 amide bonds. The molecular weight excluding hydrogens is 521 g/mol. The van der Waals surface area contributed by atoms with Gasteiger partial charge in [-0.15, -0.1) is 0 Å². The molecule has 0 unspecified atom stereocenters. The molecule has 1 fully saturated rings. The molecule has 3 heterocycles. The number of aromatic nitrogens is 5. The number of nitrogens with zero attached hydrogens (tertiary/aromatic N) is 4. The van der Waals surface area contributed by atoms with E-state index in [4.69, 9.17) is 0 Å². The number of halogens is 3. The summed E-state index contributed by atoms with van der Waals surface area (Å²) in [7, 11) is 0. The highest BCUT2D eigenvalue weighted by atomic mass is 19.4. The fourth-order valence-corrected chi connectivity index (χ4v) is 5.57. The number of hydrogen-bond donors (Lipinski definition) is 3. The lowest BCUT2D eigenvalue weighted by Crippen LogP contribution is -2.47. The van der Waals surface area contributed by atoms with Crippen molar-refractivity contribution < 1.29 is 23.1 Å². The van der Waals surface area contributed by atoms with E-state index in [2.05, 4.69) is 25.6 Å². The van der Waals surface area contributed by atoms with Gasteiger partial charge in [-0.05, 0) is 75.1 Å². The molecule has 3 aromatic heterocycles. The highest BCUT2D eigenvalue weighted by Gasteiger charge is 2.36. The third-order valence-corrected chi connectivity index (χ3v) is 7.49. The Morgan fingerprint density at radius 3 is 2.85 bits per heavy atom. The second-order valence-corrected chi connectivity index (χ2v) is 10.6. The molecule has 5 aromatic rings. The van der Waals surface area contributed by atoms with Crippen LogP contribution in [0.3, 0.4) is 0 Å². The number of pyridine rings is 1. The van der Waals surface area contributed by atoms with Gasteiger partial charge in [-0.25, -0.2) is 0 Å². The first-order valence-electron chi connectivity index (χ1n) is 13.1. The molecular formula is C29H27F3N6O2. The largest absolute Gasteiger partial charge is 0.416 e. The Morgan fingerprint density at radius 1 is 1.20 bits per heavy atom. The van der Waals surface area contributed by atoms with Crippen LogP contribution in [0.4, 0.5) is 13.2 Å². The van der Waals surface area contributed by atoms with Gasteiger partial charge in [-0.2, -0.15) is 23.4 Å². The summed E-state index contributed by atoms with van der Waals surface area (Å²) in [6.45, 7) is 2.02. The van der Waals surface area contributed by atoms with Gasteiger partial charge in [-0.3, -0.25) is 19.6 Å². The van der Waals surface area contributed by atoms with E-state index in [1.807, 2.05) is 25.1 Å². The molecule has 1 aliphatic rings. The lowest BCUT2D eigenvalue weighted by molar-refractivity contribution is -0.137. The molecule has 0 spiro atoms. The summed E-state index contributed by atoms with van der Waals surface area (Å²) < 4.78 is 40.7. The number of aliphatic hydroxyl groups is 1. The van der Waals surface area contributed by atoms with E-state index in [0.29, 0.717) is 36.6 Å². The summed E-state index contributed by atoms with van der Waals surface area (Å²) in [6.07, 6.45) is 1.10. The quantitative estimate of drug-likeness (QED) is 0.272. The molecule has 206 valence electrons. The normalized spacial score (nSPS) is 19.8. The van der Waals surface area contributed by atoms with Crippen LogP contribution in [-0.4, -0.2) is 47.6 Å². The van der Waals surface area contributed by atoms with Crippen molar-refractivity contribution in [1.82, 2.24) is 30.3 Å². The summed E-state index contributed by atoms with van der Waals surface area (Å²) in [5.41, 5.74) is 2.07. The Labute approximate surface area is 227 Å². The van der Waals surface area contributed by atoms with Crippen molar-refractivity contribution in [3.8, 4) is 11.3 Å². The van der Waals surface area contributed by atoms with Gasteiger partial charge >= 0.3 is 6.18 Å². The molecule has 6 rings (SSSR count). The summed E-state index contributed by atoms with van der Waals surface area (Å²) >= 11 is 0. The predicted octanol–water partition coefficient (Wildman–Crippen LogP) is 5.41. The number of carbonyl (C=O) groups excluding carboxylic acids is 1. The average Bonchev–Trinajstić information content (AvgIpc) is 3.50. The molecule has 0 saturated heterocycles. The highest BCUT2D eigenvalue weighted by Crippen LogP contribution is 2.33. The van der Waals surface area contributed by atoms with Gasteiger partial charge in [0, 0.05) is 46.0 Å². The smallest absolute Gasteiger partial charge is 0.388 e. The summed E-state index contributed by atoms with van der Waals surface area (Å²) in [5.74, 6) is -0.251. The van der Waals surface area contributed by atoms with Gasteiger partial charge in [0.05, 0.1) is 28.7 Å². The number of aromatic amines is 1. The van der Waals surface area contributed by atoms with Crippen molar-refractivity contribution in [3.05, 3.63) is 77.7 Å². The molecule has 0 bridgehead atoms. The Kier molecular flexibility index (Phi) is 6.33. The van der Waals surface area contributed by atoms with E-state index in [0.717, 1.165) is 40.0 Å². The summed E-state index contributed by atoms with van der Waals surface area (Å²) in [4.78, 5) is 17.5. The number of carbonyl (C=O) groups is 1. The number of nitrogens with one attached hydrogen (secondary N) is 2. The number of benzene rings is 2. The first-order valence-corrected chi connectivity index (χ1v) is 13.1. The number of aryl methyl sites for hydroxylation is 1. The molecule has 2 atom stereocenters. The molecule has 0 aliphatic heterocycles. The minimum atomic E-state index is -4.45. The summed E-state index contributed by atoms with van der Waals surface area (Å²) in [5, 5.41) is 27.5. The van der Waals surface area contributed by atoms with Crippen molar-refractivity contribution in [2.45, 2.75) is 57.0 Å². The van der Waals surface area contributed by atoms with Crippen LogP contribution in [0.1, 0.15) is 47.3 Å². The zero-order valence-electron chi connectivity index (χ0n) is 21.7. The SMILES string of the molecule is Cc1cc(-c2n[nH]c3ccc(C(=O)N[C@@H]4CCC[C@@](O)(Cn5cc6ccc(C(F)(F)F)cc6n5)C4)cc23)ccn1. The van der Waals surface area contributed by atoms with Crippen LogP contribution in [0.5, 0.6) is 0 Å². The van der Waals surface area contributed by atoms with Crippen molar-refractivity contribution in [2.24, 2.45) is 0 Å². The minimum absolute atomic E-state index is 0.116. The molecule has 1 saturated carbocycles. The molecule has 11 heteroatoms. The molecule has 2 aromatic carbocycles. The minimum Gasteiger partial charge on any atom is -0.388 e. The zero-order chi connectivity index (χ0) is 28.1. The maximum atomic E-state index is 13.2. The van der Waals surface area contributed by atoms with Crippen molar-refractivity contribution in [1.29, 1.82) is 0 Å². The number of H-pyrrole nitrogens is 1. The van der Waals surface area contributed by atoms with Gasteiger partial charge in [0.1, 0.15) is 5.69 Å². The van der Waals surface area contributed by atoms with Crippen LogP contribution in [0.2, 0.25) is 0 Å². The number of hydrogen-bond acceptors (Lipinski definition) is 5. The Bertz CT molecular complexity index is 1730. The van der Waals surface area contributed by atoms with Gasteiger partial charge < -0.3 is 10.4 Å². The Hall–Kier alpha value is -4.25. The third kappa shape index (κ3) is 5.16. The maximum absolute atomic E-state index is 13.2. The number of rotatable bonds is 5. The first kappa shape index (κ1) is 26.0. The first-order chi connectivity index (χ1) is 19.1. The van der Waals surface area contributed by atoms with E-state index in [-0.39, 0.29) is 24.0 Å². The van der Waals surface area contributed by atoms with Crippen LogP contribution in [0.25, 0.3) is 33.1 Å². The Balaban J connectivity index is 1.17. The van der Waals surface area contributed by atoms with Crippen molar-refractivity contribution in [2.75, 3.05) is 0 Å². The number of fused-ring (bicyclic) bond motifs is 2. The molecule has 8 nitrogen and oxygen atoms in total. The van der Waals surface area contributed by atoms with Gasteiger partial charge in [0.15, 0.2) is 0 Å². The van der Waals surface area contributed by atoms with E-state index < -0.39 is 17.3 Å². The second-order valence-electron chi connectivity index (χ2n) is 10.6. The van der Waals surface area contributed by atoms with E-state index >= 15 is 0 Å². The second kappa shape index (κ2) is 9.74. The van der Waals surface area contributed by atoms with Crippen LogP contribution in [-0.2, 0) is 12.7 Å². The van der Waals surface area contributed by atoms with Gasteiger partial charge in [0.25, 0.3) is 5.91 Å². The fraction of sp³-hybridized carbons (Fsp3) is 0.310. The Morgan fingerprint density at radius 2 is 2.05 bits per heavy atom. The van der Waals surface area contributed by atoms with Crippen LogP contribution >= 0.6 is 0 Å². The predicted molar refractivity (Wildman–Crippen MR) is 143 cm³/mol.